The zero-order valence-corrected chi connectivity index (χ0v) is 13.9. The molecule has 0 heterocycles. The molecule has 1 rings (SSSR count). The summed E-state index contributed by atoms with van der Waals surface area (Å²) in [7, 11) is 1.33. The number of rotatable bonds is 6. The van der Waals surface area contributed by atoms with Gasteiger partial charge in [0.2, 0.25) is 0 Å². The quantitative estimate of drug-likeness (QED) is 0.456. The minimum Gasteiger partial charge on any atom is -0.511 e. The van der Waals surface area contributed by atoms with Crippen molar-refractivity contribution in [3.8, 4) is 5.75 Å². The van der Waals surface area contributed by atoms with Crippen LogP contribution in [0.4, 0.5) is 0 Å². The van der Waals surface area contributed by atoms with Crippen molar-refractivity contribution < 1.29 is 19.4 Å². The van der Waals surface area contributed by atoms with Gasteiger partial charge in [-0.25, -0.2) is 4.79 Å². The highest BCUT2D eigenvalue weighted by molar-refractivity contribution is 9.11. The summed E-state index contributed by atoms with van der Waals surface area (Å²) in [6.07, 6.45) is 2.83. The number of halogens is 1. The van der Waals surface area contributed by atoms with Gasteiger partial charge < -0.3 is 14.6 Å². The fourth-order valence-corrected chi connectivity index (χ4v) is 2.11. The number of ether oxygens (including phenoxy) is 2. The number of methoxy groups -OCH3 is 1. The highest BCUT2D eigenvalue weighted by atomic mass is 79.9. The Labute approximate surface area is 133 Å². The highest BCUT2D eigenvalue weighted by Crippen LogP contribution is 2.24. The number of carbonyl (C=O) groups excluding carboxylic acids is 1. The molecule has 0 spiro atoms. The number of esters is 1. The van der Waals surface area contributed by atoms with Crippen LogP contribution < -0.4 is 4.74 Å². The Morgan fingerprint density at radius 3 is 2.52 bits per heavy atom. The summed E-state index contributed by atoms with van der Waals surface area (Å²) in [4.78, 5) is 11.7. The van der Waals surface area contributed by atoms with Gasteiger partial charge in [-0.2, -0.15) is 0 Å². The lowest BCUT2D eigenvalue weighted by Crippen LogP contribution is -2.05. The Morgan fingerprint density at radius 2 is 1.95 bits per heavy atom. The van der Waals surface area contributed by atoms with Crippen LogP contribution >= 0.6 is 15.9 Å². The minimum absolute atomic E-state index is 0.241. The van der Waals surface area contributed by atoms with Gasteiger partial charge in [-0.1, -0.05) is 26.0 Å². The molecule has 5 heteroatoms. The Kier molecular flexibility index (Phi) is 7.02. The number of para-hydroxylation sites is 1. The molecule has 1 N–H and O–H groups in total. The maximum Gasteiger partial charge on any atom is 0.341 e. The van der Waals surface area contributed by atoms with Crippen molar-refractivity contribution in [2.24, 2.45) is 0 Å². The van der Waals surface area contributed by atoms with Crippen molar-refractivity contribution in [2.75, 3.05) is 7.11 Å². The molecular weight excluding hydrogens is 336 g/mol. The van der Waals surface area contributed by atoms with Gasteiger partial charge in [0.1, 0.15) is 22.8 Å². The van der Waals surface area contributed by atoms with Crippen molar-refractivity contribution >= 4 is 21.9 Å². The van der Waals surface area contributed by atoms with E-state index in [0.717, 1.165) is 0 Å². The fourth-order valence-electron chi connectivity index (χ4n) is 1.57. The number of hydrogen-bond donors (Lipinski definition) is 1. The second-order valence-corrected chi connectivity index (χ2v) is 5.06. The third-order valence-electron chi connectivity index (χ3n) is 2.78. The highest BCUT2D eigenvalue weighted by Gasteiger charge is 2.13. The van der Waals surface area contributed by atoms with E-state index in [2.05, 4.69) is 15.9 Å². The van der Waals surface area contributed by atoms with Crippen molar-refractivity contribution in [2.45, 2.75) is 26.7 Å². The fraction of sp³-hybridized carbons (Fsp3) is 0.312. The molecule has 0 bridgehead atoms. The molecular formula is C16H19BrO4. The third kappa shape index (κ3) is 4.93. The standard InChI is InChI=1S/C16H19BrO4/c1-4-11(10-13(17)14(18)5-2)21-15-9-7-6-8-12(15)16(19)20-3/h6-10,18H,4-5H2,1-3H3/b11-10+,14-13-. The summed E-state index contributed by atoms with van der Waals surface area (Å²) in [5.74, 6) is 0.838. The third-order valence-corrected chi connectivity index (χ3v) is 3.47. The number of benzene rings is 1. The molecule has 0 aromatic heterocycles. The van der Waals surface area contributed by atoms with Crippen LogP contribution in [0.3, 0.4) is 0 Å². The van der Waals surface area contributed by atoms with Gasteiger partial charge in [0.15, 0.2) is 0 Å². The Hall–Kier alpha value is -1.75. The molecule has 114 valence electrons. The topological polar surface area (TPSA) is 55.8 Å². The molecule has 0 saturated carbocycles. The van der Waals surface area contributed by atoms with E-state index in [1.54, 1.807) is 30.3 Å². The molecule has 4 nitrogen and oxygen atoms in total. The first-order valence-electron chi connectivity index (χ1n) is 6.66. The van der Waals surface area contributed by atoms with E-state index in [9.17, 15) is 9.90 Å². The first-order chi connectivity index (χ1) is 10.0. The summed E-state index contributed by atoms with van der Waals surface area (Å²) < 4.78 is 11.1. The van der Waals surface area contributed by atoms with E-state index in [1.165, 1.54) is 7.11 Å². The first-order valence-corrected chi connectivity index (χ1v) is 7.46. The van der Waals surface area contributed by atoms with E-state index in [0.29, 0.717) is 34.4 Å². The zero-order valence-electron chi connectivity index (χ0n) is 12.4. The number of hydrogen-bond acceptors (Lipinski definition) is 4. The Balaban J connectivity index is 3.08. The average Bonchev–Trinajstić information content (AvgIpc) is 2.52. The van der Waals surface area contributed by atoms with Crippen LogP contribution in [0.15, 0.2) is 46.3 Å². The van der Waals surface area contributed by atoms with Gasteiger partial charge in [-0.15, -0.1) is 0 Å². The molecule has 0 radical (unpaired) electrons. The normalized spacial score (nSPS) is 12.7. The maximum atomic E-state index is 11.7. The number of aliphatic hydroxyl groups excluding tert-OH is 1. The second-order valence-electron chi connectivity index (χ2n) is 4.20. The minimum atomic E-state index is -0.452. The number of aliphatic hydroxyl groups is 1. The van der Waals surface area contributed by atoms with Crippen molar-refractivity contribution in [1.82, 2.24) is 0 Å². The molecule has 1 aromatic rings. The summed E-state index contributed by atoms with van der Waals surface area (Å²) in [6, 6.07) is 6.87. The van der Waals surface area contributed by atoms with Crippen LogP contribution in [0.5, 0.6) is 5.75 Å². The van der Waals surface area contributed by atoms with Gasteiger partial charge in [0, 0.05) is 12.8 Å². The molecule has 21 heavy (non-hydrogen) atoms. The van der Waals surface area contributed by atoms with Crippen molar-refractivity contribution in [3.05, 3.63) is 51.9 Å². The molecule has 0 fully saturated rings. The lowest BCUT2D eigenvalue weighted by molar-refractivity contribution is 0.0597. The molecule has 0 unspecified atom stereocenters. The largest absolute Gasteiger partial charge is 0.511 e. The van der Waals surface area contributed by atoms with E-state index in [1.807, 2.05) is 13.8 Å². The van der Waals surface area contributed by atoms with Gasteiger partial charge in [0.25, 0.3) is 0 Å². The van der Waals surface area contributed by atoms with Gasteiger partial charge in [0.05, 0.1) is 11.6 Å². The lowest BCUT2D eigenvalue weighted by Gasteiger charge is -2.12. The monoisotopic (exact) mass is 354 g/mol. The van der Waals surface area contributed by atoms with Crippen LogP contribution in [0.1, 0.15) is 37.0 Å². The molecule has 1 aromatic carbocycles. The lowest BCUT2D eigenvalue weighted by atomic mass is 10.2. The Bertz CT molecular complexity index is 561. The van der Waals surface area contributed by atoms with Gasteiger partial charge in [-0.05, 0) is 34.1 Å². The molecule has 0 aliphatic heterocycles. The van der Waals surface area contributed by atoms with Gasteiger partial charge in [-0.3, -0.25) is 0 Å². The van der Waals surface area contributed by atoms with Crippen LogP contribution in [0, 0.1) is 0 Å². The first kappa shape index (κ1) is 17.3. The summed E-state index contributed by atoms with van der Waals surface area (Å²) in [5.41, 5.74) is 0.360. The zero-order chi connectivity index (χ0) is 15.8. The number of allylic oxidation sites excluding steroid dienone is 4. The average molecular weight is 355 g/mol. The van der Waals surface area contributed by atoms with Gasteiger partial charge >= 0.3 is 5.97 Å². The predicted octanol–water partition coefficient (Wildman–Crippen LogP) is 4.72. The van der Waals surface area contributed by atoms with Crippen LogP contribution in [-0.4, -0.2) is 18.2 Å². The molecule has 0 aliphatic rings. The van der Waals surface area contributed by atoms with E-state index in [4.69, 9.17) is 9.47 Å². The molecule has 0 atom stereocenters. The summed E-state index contributed by atoms with van der Waals surface area (Å²) in [6.45, 7) is 3.78. The predicted molar refractivity (Wildman–Crippen MR) is 85.7 cm³/mol. The van der Waals surface area contributed by atoms with E-state index < -0.39 is 5.97 Å². The van der Waals surface area contributed by atoms with E-state index >= 15 is 0 Å². The summed E-state index contributed by atoms with van der Waals surface area (Å²) >= 11 is 3.30. The van der Waals surface area contributed by atoms with Crippen molar-refractivity contribution in [3.63, 3.8) is 0 Å². The summed E-state index contributed by atoms with van der Waals surface area (Å²) in [5, 5.41) is 9.68. The van der Waals surface area contributed by atoms with Crippen LogP contribution in [0.25, 0.3) is 0 Å². The molecule has 0 aliphatic carbocycles. The Morgan fingerprint density at radius 1 is 1.29 bits per heavy atom. The maximum absolute atomic E-state index is 11.7. The smallest absolute Gasteiger partial charge is 0.341 e. The molecule has 0 amide bonds. The second kappa shape index (κ2) is 8.52. The van der Waals surface area contributed by atoms with Crippen LogP contribution in [0.2, 0.25) is 0 Å². The van der Waals surface area contributed by atoms with Crippen molar-refractivity contribution in [1.29, 1.82) is 0 Å². The van der Waals surface area contributed by atoms with Crippen LogP contribution in [-0.2, 0) is 4.74 Å². The SMILES string of the molecule is CC/C(O)=C(Br)\C=C(/CC)Oc1ccccc1C(=O)OC. The van der Waals surface area contributed by atoms with E-state index in [-0.39, 0.29) is 5.76 Å². The number of carbonyl (C=O) groups is 1. The molecule has 0 saturated heterocycles.